The first kappa shape index (κ1) is 37.4. The highest BCUT2D eigenvalue weighted by Gasteiger charge is 2.59. The monoisotopic (exact) mass is 539 g/mol. The molecule has 0 heterocycles. The van der Waals surface area contributed by atoms with E-state index in [2.05, 4.69) is 20.8 Å². The Balaban J connectivity index is 0.00000108. The summed E-state index contributed by atoms with van der Waals surface area (Å²) in [4.78, 5) is 9.37. The highest BCUT2D eigenvalue weighted by atomic mass is 16.4. The summed E-state index contributed by atoms with van der Waals surface area (Å²) < 4.78 is 0. The summed E-state index contributed by atoms with van der Waals surface area (Å²) in [5.41, 5.74) is 1.33. The van der Waals surface area contributed by atoms with Crippen molar-refractivity contribution in [1.29, 1.82) is 0 Å². The first-order valence-electron chi connectivity index (χ1n) is 17.1. The van der Waals surface area contributed by atoms with Gasteiger partial charge in [-0.2, -0.15) is 0 Å². The van der Waals surface area contributed by atoms with E-state index in [1.54, 1.807) is 26.2 Å². The third kappa shape index (κ3) is 9.24. The van der Waals surface area contributed by atoms with Crippen molar-refractivity contribution < 1.29 is 15.0 Å². The maximum atomic E-state index is 9.37. The van der Waals surface area contributed by atoms with Crippen LogP contribution in [0.15, 0.2) is 0 Å². The topological polar surface area (TPSA) is 57.5 Å². The van der Waals surface area contributed by atoms with Crippen LogP contribution in [0.2, 0.25) is 0 Å². The van der Waals surface area contributed by atoms with E-state index in [9.17, 15) is 4.79 Å². The van der Waals surface area contributed by atoms with Gasteiger partial charge in [0.1, 0.15) is 0 Å². The van der Waals surface area contributed by atoms with Crippen LogP contribution >= 0.6 is 0 Å². The molecule has 0 aromatic carbocycles. The van der Waals surface area contributed by atoms with Crippen LogP contribution < -0.4 is 0 Å². The Labute approximate surface area is 239 Å². The fraction of sp³-hybridized carbons (Fsp3) is 0.971. The van der Waals surface area contributed by atoms with E-state index in [1.807, 2.05) is 41.5 Å². The van der Waals surface area contributed by atoms with E-state index in [0.29, 0.717) is 17.4 Å². The Kier molecular flexibility index (Phi) is 19.2. The molecule has 8 atom stereocenters. The first-order chi connectivity index (χ1) is 18.3. The SMILES string of the molecule is CC.CC.CC.CCC(=O)O.C[C@H](CCCCCO)C1CCC2C3CCC4CCCCC4(C)C3CCC21C. The van der Waals surface area contributed by atoms with Gasteiger partial charge in [-0.05, 0) is 104 Å². The van der Waals surface area contributed by atoms with Crippen LogP contribution in [0.4, 0.5) is 0 Å². The highest BCUT2D eigenvalue weighted by molar-refractivity contribution is 5.66. The number of rotatable bonds is 7. The second-order valence-corrected chi connectivity index (χ2v) is 12.4. The molecule has 0 spiro atoms. The molecule has 4 aliphatic rings. The van der Waals surface area contributed by atoms with Gasteiger partial charge in [0.05, 0.1) is 0 Å². The number of aliphatic carboxylic acids is 1. The molecule has 0 aromatic heterocycles. The normalized spacial score (nSPS) is 35.4. The van der Waals surface area contributed by atoms with Gasteiger partial charge in [0.25, 0.3) is 0 Å². The fourth-order valence-electron chi connectivity index (χ4n) is 9.23. The van der Waals surface area contributed by atoms with E-state index < -0.39 is 5.97 Å². The number of hydrogen-bond donors (Lipinski definition) is 2. The first-order valence-corrected chi connectivity index (χ1v) is 17.1. The van der Waals surface area contributed by atoms with Crippen molar-refractivity contribution in [3.05, 3.63) is 0 Å². The van der Waals surface area contributed by atoms with Crippen LogP contribution in [0.25, 0.3) is 0 Å². The van der Waals surface area contributed by atoms with Gasteiger partial charge in [0.2, 0.25) is 0 Å². The molecule has 3 nitrogen and oxygen atoms in total. The lowest BCUT2D eigenvalue weighted by atomic mass is 9.44. The van der Waals surface area contributed by atoms with Crippen LogP contribution in [-0.2, 0) is 4.79 Å². The Morgan fingerprint density at radius 2 is 1.39 bits per heavy atom. The van der Waals surface area contributed by atoms with Gasteiger partial charge in [-0.25, -0.2) is 0 Å². The van der Waals surface area contributed by atoms with E-state index in [4.69, 9.17) is 10.2 Å². The van der Waals surface area contributed by atoms with Crippen molar-refractivity contribution in [2.24, 2.45) is 46.3 Å². The van der Waals surface area contributed by atoms with Crippen LogP contribution in [0.5, 0.6) is 0 Å². The van der Waals surface area contributed by atoms with Crippen molar-refractivity contribution in [2.45, 2.75) is 166 Å². The lowest BCUT2D eigenvalue weighted by Gasteiger charge is -2.61. The smallest absolute Gasteiger partial charge is 0.303 e. The zero-order valence-corrected chi connectivity index (χ0v) is 27.6. The molecule has 3 heteroatoms. The van der Waals surface area contributed by atoms with E-state index in [0.717, 1.165) is 41.9 Å². The molecule has 0 radical (unpaired) electrons. The summed E-state index contributed by atoms with van der Waals surface area (Å²) >= 11 is 0. The molecule has 0 aromatic rings. The zero-order valence-electron chi connectivity index (χ0n) is 27.6. The maximum absolute atomic E-state index is 9.37. The largest absolute Gasteiger partial charge is 0.481 e. The van der Waals surface area contributed by atoms with E-state index >= 15 is 0 Å². The molecule has 4 aliphatic carbocycles. The van der Waals surface area contributed by atoms with Crippen molar-refractivity contribution in [3.8, 4) is 0 Å². The van der Waals surface area contributed by atoms with Gasteiger partial charge in [-0.15, -0.1) is 0 Å². The average molecular weight is 539 g/mol. The average Bonchev–Trinajstić information content (AvgIpc) is 3.31. The minimum atomic E-state index is -0.745. The maximum Gasteiger partial charge on any atom is 0.303 e. The molecule has 4 fully saturated rings. The molecule has 38 heavy (non-hydrogen) atoms. The van der Waals surface area contributed by atoms with Gasteiger partial charge in [-0.1, -0.05) is 101 Å². The molecule has 0 amide bonds. The predicted octanol–water partition coefficient (Wildman–Crippen LogP) is 10.8. The second-order valence-electron chi connectivity index (χ2n) is 12.4. The number of hydrogen-bond acceptors (Lipinski definition) is 2. The lowest BCUT2D eigenvalue weighted by Crippen LogP contribution is -2.53. The second kappa shape index (κ2) is 19.5. The van der Waals surface area contributed by atoms with Crippen LogP contribution in [0.3, 0.4) is 0 Å². The minimum absolute atomic E-state index is 0.222. The molecular formula is C35H70O3. The van der Waals surface area contributed by atoms with Crippen LogP contribution in [0, 0.1) is 46.3 Å². The van der Waals surface area contributed by atoms with Gasteiger partial charge < -0.3 is 10.2 Å². The summed E-state index contributed by atoms with van der Waals surface area (Å²) in [6.45, 7) is 22.0. The van der Waals surface area contributed by atoms with Crippen molar-refractivity contribution in [2.75, 3.05) is 6.61 Å². The lowest BCUT2D eigenvalue weighted by molar-refractivity contribution is -0.136. The minimum Gasteiger partial charge on any atom is -0.481 e. The number of carboxylic acid groups (broad SMARTS) is 1. The molecule has 7 unspecified atom stereocenters. The molecule has 0 bridgehead atoms. The van der Waals surface area contributed by atoms with Crippen molar-refractivity contribution in [3.63, 3.8) is 0 Å². The third-order valence-electron chi connectivity index (χ3n) is 11.0. The number of aliphatic hydroxyl groups is 1. The number of carbonyl (C=O) groups is 1. The Morgan fingerprint density at radius 3 is 1.97 bits per heavy atom. The molecule has 2 N–H and O–H groups in total. The van der Waals surface area contributed by atoms with Gasteiger partial charge in [0, 0.05) is 13.0 Å². The number of fused-ring (bicyclic) bond motifs is 5. The van der Waals surface area contributed by atoms with Crippen LogP contribution in [-0.4, -0.2) is 22.8 Å². The molecule has 0 aliphatic heterocycles. The van der Waals surface area contributed by atoms with Gasteiger partial charge in [0.15, 0.2) is 0 Å². The number of unbranched alkanes of at least 4 members (excludes halogenated alkanes) is 2. The number of aliphatic hydroxyl groups excluding tert-OH is 1. The standard InChI is InChI=1S/C26H46O.C3H6O2.3C2H6/c1-19(9-5-4-8-18-27)22-13-14-23-21-12-11-20-10-6-7-16-25(20,2)24(21)15-17-26(22,23)3;1-2-3(4)5;3*1-2/h19-24,27H,4-18H2,1-3H3;2H2,1H3,(H,4,5);3*1-2H3/t19-,20?,21?,22?,23?,24?,25?,26?;;;;/m1..../s1. The highest BCUT2D eigenvalue weighted by Crippen LogP contribution is 2.68. The predicted molar refractivity (Wildman–Crippen MR) is 167 cm³/mol. The van der Waals surface area contributed by atoms with Gasteiger partial charge >= 0.3 is 5.97 Å². The third-order valence-corrected chi connectivity index (χ3v) is 11.0. The van der Waals surface area contributed by atoms with E-state index in [1.165, 1.54) is 64.2 Å². The molecule has 4 rings (SSSR count). The summed E-state index contributed by atoms with van der Waals surface area (Å²) in [6.07, 6.45) is 20.4. The number of carboxylic acids is 1. The van der Waals surface area contributed by atoms with E-state index in [-0.39, 0.29) is 6.42 Å². The summed E-state index contributed by atoms with van der Waals surface area (Å²) in [5.74, 6) is 5.29. The Bertz CT molecular complexity index is 604. The summed E-state index contributed by atoms with van der Waals surface area (Å²) in [6, 6.07) is 0. The van der Waals surface area contributed by atoms with Crippen molar-refractivity contribution >= 4 is 5.97 Å². The summed E-state index contributed by atoms with van der Waals surface area (Å²) in [7, 11) is 0. The fourth-order valence-corrected chi connectivity index (χ4v) is 9.23. The van der Waals surface area contributed by atoms with Gasteiger partial charge in [-0.3, -0.25) is 4.79 Å². The molecular weight excluding hydrogens is 468 g/mol. The zero-order chi connectivity index (χ0) is 29.4. The quantitative estimate of drug-likeness (QED) is 0.317. The van der Waals surface area contributed by atoms with Crippen molar-refractivity contribution in [1.82, 2.24) is 0 Å². The molecule has 4 saturated carbocycles. The van der Waals surface area contributed by atoms with Crippen LogP contribution in [0.1, 0.15) is 166 Å². The summed E-state index contributed by atoms with van der Waals surface area (Å²) in [5, 5.41) is 16.8. The molecule has 0 saturated heterocycles. The molecule has 228 valence electrons. The Hall–Kier alpha value is -0.570. The Morgan fingerprint density at radius 1 is 0.789 bits per heavy atom.